The standard InChI is InChI=1S/C17H34N2O/c1-14(2)11-19-12-16(7-8-20)9-17(13-19)18-10-15-5-3-4-6-15/h14-18,20H,3-13H2,1-2H3. The maximum absolute atomic E-state index is 9.24. The summed E-state index contributed by atoms with van der Waals surface area (Å²) in [4.78, 5) is 2.61. The predicted octanol–water partition coefficient (Wildman–Crippen LogP) is 2.50. The number of hydrogen-bond donors (Lipinski definition) is 2. The van der Waals surface area contributed by atoms with Gasteiger partial charge in [-0.05, 0) is 50.0 Å². The van der Waals surface area contributed by atoms with E-state index in [9.17, 15) is 5.11 Å². The molecule has 0 aromatic rings. The molecule has 2 atom stereocenters. The molecule has 1 saturated carbocycles. The van der Waals surface area contributed by atoms with Crippen LogP contribution in [0.2, 0.25) is 0 Å². The molecule has 1 aliphatic carbocycles. The van der Waals surface area contributed by atoms with Crippen LogP contribution in [-0.2, 0) is 0 Å². The van der Waals surface area contributed by atoms with Crippen molar-refractivity contribution in [1.82, 2.24) is 10.2 Å². The van der Waals surface area contributed by atoms with E-state index in [1.54, 1.807) is 0 Å². The van der Waals surface area contributed by atoms with Gasteiger partial charge in [0.1, 0.15) is 0 Å². The minimum absolute atomic E-state index is 0.343. The monoisotopic (exact) mass is 282 g/mol. The first kappa shape index (κ1) is 16.3. The highest BCUT2D eigenvalue weighted by Gasteiger charge is 2.27. The molecule has 3 heteroatoms. The molecular weight excluding hydrogens is 248 g/mol. The van der Waals surface area contributed by atoms with Gasteiger partial charge in [-0.15, -0.1) is 0 Å². The van der Waals surface area contributed by atoms with E-state index in [0.717, 1.165) is 18.3 Å². The van der Waals surface area contributed by atoms with Crippen LogP contribution in [0.25, 0.3) is 0 Å². The Morgan fingerprint density at radius 1 is 1.15 bits per heavy atom. The van der Waals surface area contributed by atoms with Crippen LogP contribution >= 0.6 is 0 Å². The lowest BCUT2D eigenvalue weighted by Crippen LogP contribution is -2.51. The summed E-state index contributed by atoms with van der Waals surface area (Å²) < 4.78 is 0. The molecule has 0 amide bonds. The van der Waals surface area contributed by atoms with E-state index in [4.69, 9.17) is 0 Å². The van der Waals surface area contributed by atoms with Gasteiger partial charge in [-0.25, -0.2) is 0 Å². The van der Waals surface area contributed by atoms with E-state index in [1.165, 1.54) is 58.3 Å². The molecule has 20 heavy (non-hydrogen) atoms. The second-order valence-corrected chi connectivity index (χ2v) is 7.48. The smallest absolute Gasteiger partial charge is 0.0434 e. The van der Waals surface area contributed by atoms with Crippen molar-refractivity contribution in [2.24, 2.45) is 17.8 Å². The summed E-state index contributed by atoms with van der Waals surface area (Å²) in [5, 5.41) is 13.1. The summed E-state index contributed by atoms with van der Waals surface area (Å²) in [7, 11) is 0. The Balaban J connectivity index is 1.79. The van der Waals surface area contributed by atoms with Crippen molar-refractivity contribution in [2.45, 2.75) is 58.4 Å². The molecule has 2 fully saturated rings. The minimum Gasteiger partial charge on any atom is -0.396 e. The lowest BCUT2D eigenvalue weighted by atomic mass is 9.91. The third-order valence-corrected chi connectivity index (χ3v) is 4.94. The van der Waals surface area contributed by atoms with Crippen molar-refractivity contribution in [3.05, 3.63) is 0 Å². The quantitative estimate of drug-likeness (QED) is 0.753. The second-order valence-electron chi connectivity index (χ2n) is 7.48. The van der Waals surface area contributed by atoms with Crippen LogP contribution in [0, 0.1) is 17.8 Å². The van der Waals surface area contributed by atoms with Crippen LogP contribution < -0.4 is 5.32 Å². The summed E-state index contributed by atoms with van der Waals surface area (Å²) >= 11 is 0. The van der Waals surface area contributed by atoms with Gasteiger partial charge in [-0.1, -0.05) is 26.7 Å². The van der Waals surface area contributed by atoms with Crippen LogP contribution in [-0.4, -0.2) is 48.8 Å². The molecule has 2 rings (SSSR count). The first-order chi connectivity index (χ1) is 9.67. The summed E-state index contributed by atoms with van der Waals surface area (Å²) in [6, 6.07) is 0.639. The molecule has 0 spiro atoms. The van der Waals surface area contributed by atoms with E-state index in [-0.39, 0.29) is 0 Å². The van der Waals surface area contributed by atoms with Crippen LogP contribution in [0.4, 0.5) is 0 Å². The molecule has 0 radical (unpaired) electrons. The van der Waals surface area contributed by atoms with E-state index >= 15 is 0 Å². The van der Waals surface area contributed by atoms with E-state index < -0.39 is 0 Å². The Labute approximate surface area is 125 Å². The van der Waals surface area contributed by atoms with Gasteiger partial charge < -0.3 is 15.3 Å². The zero-order valence-corrected chi connectivity index (χ0v) is 13.5. The third-order valence-electron chi connectivity index (χ3n) is 4.94. The van der Waals surface area contributed by atoms with Gasteiger partial charge >= 0.3 is 0 Å². The molecule has 0 aromatic carbocycles. The number of hydrogen-bond acceptors (Lipinski definition) is 3. The number of nitrogens with zero attached hydrogens (tertiary/aromatic N) is 1. The van der Waals surface area contributed by atoms with Gasteiger partial charge in [-0.2, -0.15) is 0 Å². The number of piperidine rings is 1. The molecule has 118 valence electrons. The molecule has 2 unspecified atom stereocenters. The van der Waals surface area contributed by atoms with Gasteiger partial charge in [-0.3, -0.25) is 0 Å². The van der Waals surface area contributed by atoms with Crippen molar-refractivity contribution < 1.29 is 5.11 Å². The molecule has 3 nitrogen and oxygen atoms in total. The Bertz CT molecular complexity index is 264. The maximum Gasteiger partial charge on any atom is 0.0434 e. The summed E-state index contributed by atoms with van der Waals surface area (Å²) in [5.74, 6) is 2.33. The fourth-order valence-electron chi connectivity index (χ4n) is 4.06. The van der Waals surface area contributed by atoms with Crippen molar-refractivity contribution in [2.75, 3.05) is 32.8 Å². The van der Waals surface area contributed by atoms with Crippen molar-refractivity contribution >= 4 is 0 Å². The average Bonchev–Trinajstić information content (AvgIpc) is 2.89. The first-order valence-electron chi connectivity index (χ1n) is 8.74. The van der Waals surface area contributed by atoms with Gasteiger partial charge in [0.05, 0.1) is 0 Å². The number of likely N-dealkylation sites (tertiary alicyclic amines) is 1. The Kier molecular flexibility index (Phi) is 6.79. The van der Waals surface area contributed by atoms with E-state index in [0.29, 0.717) is 18.6 Å². The van der Waals surface area contributed by atoms with Crippen LogP contribution in [0.1, 0.15) is 52.4 Å². The van der Waals surface area contributed by atoms with Crippen LogP contribution in [0.15, 0.2) is 0 Å². The largest absolute Gasteiger partial charge is 0.396 e. The SMILES string of the molecule is CC(C)CN1CC(CCO)CC(NCC2CCCC2)C1. The molecule has 0 bridgehead atoms. The lowest BCUT2D eigenvalue weighted by Gasteiger charge is -2.39. The van der Waals surface area contributed by atoms with Crippen LogP contribution in [0.3, 0.4) is 0 Å². The fourth-order valence-corrected chi connectivity index (χ4v) is 4.06. The summed E-state index contributed by atoms with van der Waals surface area (Å²) in [6.45, 7) is 9.74. The molecule has 0 aromatic heterocycles. The number of nitrogens with one attached hydrogen (secondary N) is 1. The minimum atomic E-state index is 0.343. The summed E-state index contributed by atoms with van der Waals surface area (Å²) in [5.41, 5.74) is 0. The lowest BCUT2D eigenvalue weighted by molar-refractivity contribution is 0.109. The first-order valence-corrected chi connectivity index (χ1v) is 8.74. The fraction of sp³-hybridized carbons (Fsp3) is 1.00. The molecule has 2 N–H and O–H groups in total. The maximum atomic E-state index is 9.24. The van der Waals surface area contributed by atoms with Crippen molar-refractivity contribution in [3.8, 4) is 0 Å². The van der Waals surface area contributed by atoms with E-state index in [2.05, 4.69) is 24.1 Å². The average molecular weight is 282 g/mol. The molecule has 1 saturated heterocycles. The van der Waals surface area contributed by atoms with E-state index in [1.807, 2.05) is 0 Å². The van der Waals surface area contributed by atoms with Gasteiger partial charge in [0.15, 0.2) is 0 Å². The number of aliphatic hydroxyl groups excluding tert-OH is 1. The van der Waals surface area contributed by atoms with Gasteiger partial charge in [0, 0.05) is 32.3 Å². The van der Waals surface area contributed by atoms with Gasteiger partial charge in [0.25, 0.3) is 0 Å². The zero-order chi connectivity index (χ0) is 14.4. The molecule has 1 aliphatic heterocycles. The van der Waals surface area contributed by atoms with Crippen molar-refractivity contribution in [1.29, 1.82) is 0 Å². The third kappa shape index (κ3) is 5.34. The molecule has 1 heterocycles. The van der Waals surface area contributed by atoms with Gasteiger partial charge in [0.2, 0.25) is 0 Å². The summed E-state index contributed by atoms with van der Waals surface area (Å²) in [6.07, 6.45) is 7.94. The molecule has 2 aliphatic rings. The Morgan fingerprint density at radius 3 is 2.55 bits per heavy atom. The highest BCUT2D eigenvalue weighted by molar-refractivity contribution is 4.85. The number of rotatable bonds is 7. The number of aliphatic hydroxyl groups is 1. The Hall–Kier alpha value is -0.120. The highest BCUT2D eigenvalue weighted by Crippen LogP contribution is 2.25. The van der Waals surface area contributed by atoms with Crippen molar-refractivity contribution in [3.63, 3.8) is 0 Å². The predicted molar refractivity (Wildman–Crippen MR) is 84.8 cm³/mol. The zero-order valence-electron chi connectivity index (χ0n) is 13.5. The highest BCUT2D eigenvalue weighted by atomic mass is 16.3. The second kappa shape index (κ2) is 8.35. The molecular formula is C17H34N2O. The topological polar surface area (TPSA) is 35.5 Å². The van der Waals surface area contributed by atoms with Crippen LogP contribution in [0.5, 0.6) is 0 Å². The normalized spacial score (nSPS) is 29.4. The Morgan fingerprint density at radius 2 is 1.90 bits per heavy atom.